The van der Waals surface area contributed by atoms with Gasteiger partial charge in [-0.05, 0) is 25.2 Å². The van der Waals surface area contributed by atoms with Crippen LogP contribution in [0.3, 0.4) is 0 Å². The normalized spacial score (nSPS) is 23.5. The summed E-state index contributed by atoms with van der Waals surface area (Å²) in [6.45, 7) is 3.24. The highest BCUT2D eigenvalue weighted by molar-refractivity contribution is 6.22. The number of likely N-dealkylation sites (N-methyl/N-ethyl adjacent to an activating group) is 1. The maximum Gasteiger partial charge on any atom is 0.335 e. The van der Waals surface area contributed by atoms with Crippen LogP contribution in [-0.4, -0.2) is 72.0 Å². The Morgan fingerprint density at radius 1 is 1.17 bits per heavy atom. The number of nitrogens with zero attached hydrogens (tertiary/aromatic N) is 3. The van der Waals surface area contributed by atoms with E-state index in [1.165, 1.54) is 12.1 Å². The van der Waals surface area contributed by atoms with Gasteiger partial charge in [-0.2, -0.15) is 0 Å². The molecule has 0 unspecified atom stereocenters. The summed E-state index contributed by atoms with van der Waals surface area (Å²) in [5, 5.41) is 9.06. The molecule has 0 bridgehead atoms. The molecule has 1 aromatic carbocycles. The van der Waals surface area contributed by atoms with Crippen LogP contribution in [-0.2, 0) is 9.59 Å². The van der Waals surface area contributed by atoms with E-state index in [9.17, 15) is 14.4 Å². The van der Waals surface area contributed by atoms with Crippen molar-refractivity contribution in [2.45, 2.75) is 12.5 Å². The third-order valence-electron chi connectivity index (χ3n) is 4.45. The Kier molecular flexibility index (Phi) is 4.14. The van der Waals surface area contributed by atoms with E-state index in [4.69, 9.17) is 5.11 Å². The Morgan fingerprint density at radius 2 is 1.87 bits per heavy atom. The number of anilines is 1. The molecule has 0 aromatic heterocycles. The van der Waals surface area contributed by atoms with Crippen LogP contribution in [0.5, 0.6) is 0 Å². The summed E-state index contributed by atoms with van der Waals surface area (Å²) in [5.74, 6) is -1.62. The quantitative estimate of drug-likeness (QED) is 0.806. The maximum absolute atomic E-state index is 12.7. The highest BCUT2D eigenvalue weighted by Gasteiger charge is 2.43. The van der Waals surface area contributed by atoms with Crippen molar-refractivity contribution in [3.8, 4) is 0 Å². The number of rotatable bonds is 3. The lowest BCUT2D eigenvalue weighted by molar-refractivity contribution is -0.123. The van der Waals surface area contributed by atoms with E-state index < -0.39 is 12.0 Å². The van der Waals surface area contributed by atoms with Crippen LogP contribution in [0.1, 0.15) is 16.8 Å². The first kappa shape index (κ1) is 15.6. The maximum atomic E-state index is 12.7. The first-order valence-corrected chi connectivity index (χ1v) is 7.60. The van der Waals surface area contributed by atoms with Crippen molar-refractivity contribution in [1.29, 1.82) is 0 Å². The van der Waals surface area contributed by atoms with E-state index in [1.54, 1.807) is 12.1 Å². The fraction of sp³-hybridized carbons (Fsp3) is 0.438. The van der Waals surface area contributed by atoms with Gasteiger partial charge in [-0.1, -0.05) is 6.07 Å². The van der Waals surface area contributed by atoms with Gasteiger partial charge in [-0.25, -0.2) is 9.69 Å². The van der Waals surface area contributed by atoms with Gasteiger partial charge in [0.2, 0.25) is 5.91 Å². The number of piperazine rings is 1. The number of hydrogen-bond donors (Lipinski definition) is 1. The Hall–Kier alpha value is -2.25. The van der Waals surface area contributed by atoms with Crippen LogP contribution in [0, 0.1) is 0 Å². The molecule has 0 spiro atoms. The van der Waals surface area contributed by atoms with Gasteiger partial charge in [0.1, 0.15) is 0 Å². The Bertz CT molecular complexity index is 652. The molecule has 2 heterocycles. The molecule has 2 aliphatic heterocycles. The second kappa shape index (κ2) is 6.10. The van der Waals surface area contributed by atoms with Gasteiger partial charge in [-0.15, -0.1) is 0 Å². The first-order valence-electron chi connectivity index (χ1n) is 7.60. The number of amides is 2. The lowest BCUT2D eigenvalue weighted by Gasteiger charge is -2.35. The van der Waals surface area contributed by atoms with E-state index in [0.29, 0.717) is 5.69 Å². The molecule has 2 aliphatic rings. The van der Waals surface area contributed by atoms with Crippen molar-refractivity contribution < 1.29 is 19.5 Å². The number of aromatic carboxylic acids is 1. The number of carboxylic acids is 1. The number of carboxylic acid groups (broad SMARTS) is 1. The molecule has 23 heavy (non-hydrogen) atoms. The van der Waals surface area contributed by atoms with Crippen LogP contribution in [0.15, 0.2) is 24.3 Å². The highest BCUT2D eigenvalue weighted by atomic mass is 16.4. The molecule has 2 fully saturated rings. The fourth-order valence-corrected chi connectivity index (χ4v) is 3.08. The second-order valence-electron chi connectivity index (χ2n) is 5.98. The van der Waals surface area contributed by atoms with E-state index in [2.05, 4.69) is 4.90 Å². The summed E-state index contributed by atoms with van der Waals surface area (Å²) >= 11 is 0. The zero-order valence-electron chi connectivity index (χ0n) is 12.9. The third kappa shape index (κ3) is 2.97. The monoisotopic (exact) mass is 317 g/mol. The molecule has 7 nitrogen and oxygen atoms in total. The molecule has 2 amide bonds. The van der Waals surface area contributed by atoms with E-state index >= 15 is 0 Å². The van der Waals surface area contributed by atoms with Crippen molar-refractivity contribution in [2.24, 2.45) is 0 Å². The summed E-state index contributed by atoms with van der Waals surface area (Å²) in [5.41, 5.74) is 0.391. The topological polar surface area (TPSA) is 81.2 Å². The average Bonchev–Trinajstić information content (AvgIpc) is 2.83. The summed E-state index contributed by atoms with van der Waals surface area (Å²) in [6.07, 6.45) is 0.153. The van der Waals surface area contributed by atoms with E-state index in [1.807, 2.05) is 11.9 Å². The molecule has 0 aliphatic carbocycles. The first-order chi connectivity index (χ1) is 11.0. The number of benzene rings is 1. The minimum Gasteiger partial charge on any atom is -0.478 e. The molecule has 3 rings (SSSR count). The van der Waals surface area contributed by atoms with Gasteiger partial charge < -0.3 is 10.0 Å². The highest BCUT2D eigenvalue weighted by Crippen LogP contribution is 2.27. The Morgan fingerprint density at radius 3 is 2.52 bits per heavy atom. The van der Waals surface area contributed by atoms with Gasteiger partial charge in [0.15, 0.2) is 0 Å². The van der Waals surface area contributed by atoms with Crippen LogP contribution < -0.4 is 4.90 Å². The number of carbonyl (C=O) groups excluding carboxylic acids is 2. The smallest absolute Gasteiger partial charge is 0.335 e. The molecule has 0 saturated carbocycles. The van der Waals surface area contributed by atoms with Crippen LogP contribution >= 0.6 is 0 Å². The molecular weight excluding hydrogens is 298 g/mol. The van der Waals surface area contributed by atoms with Crippen molar-refractivity contribution in [1.82, 2.24) is 9.80 Å². The van der Waals surface area contributed by atoms with Crippen LogP contribution in [0.2, 0.25) is 0 Å². The summed E-state index contributed by atoms with van der Waals surface area (Å²) in [7, 11) is 2.03. The zero-order chi connectivity index (χ0) is 16.6. The van der Waals surface area contributed by atoms with Gasteiger partial charge in [0, 0.05) is 26.2 Å². The van der Waals surface area contributed by atoms with Gasteiger partial charge >= 0.3 is 5.97 Å². The molecule has 7 heteroatoms. The molecule has 2 saturated heterocycles. The van der Waals surface area contributed by atoms with Gasteiger partial charge in [-0.3, -0.25) is 14.5 Å². The molecular formula is C16H19N3O4. The Balaban J connectivity index is 1.81. The number of imide groups is 1. The number of hydrogen-bond acceptors (Lipinski definition) is 5. The summed E-state index contributed by atoms with van der Waals surface area (Å²) < 4.78 is 0. The van der Waals surface area contributed by atoms with Crippen molar-refractivity contribution in [2.75, 3.05) is 38.1 Å². The average molecular weight is 317 g/mol. The van der Waals surface area contributed by atoms with Crippen LogP contribution in [0.4, 0.5) is 5.69 Å². The summed E-state index contributed by atoms with van der Waals surface area (Å²) in [6, 6.07) is 5.50. The molecule has 1 atom stereocenters. The second-order valence-corrected chi connectivity index (χ2v) is 5.98. The third-order valence-corrected chi connectivity index (χ3v) is 4.45. The standard InChI is InChI=1S/C16H19N3O4/c1-17-5-7-18(8-6-17)13-10-14(20)19(15(13)21)12-4-2-3-11(9-12)16(22)23/h2-4,9,13H,5-8,10H2,1H3,(H,22,23)/t13-/m0/s1. The predicted octanol–water partition coefficient (Wildman–Crippen LogP) is 0.264. The van der Waals surface area contributed by atoms with E-state index in [-0.39, 0.29) is 23.8 Å². The molecule has 1 aromatic rings. The van der Waals surface area contributed by atoms with E-state index in [0.717, 1.165) is 31.1 Å². The van der Waals surface area contributed by atoms with Crippen molar-refractivity contribution >= 4 is 23.5 Å². The minimum absolute atomic E-state index is 0.0612. The minimum atomic E-state index is -1.08. The van der Waals surface area contributed by atoms with Crippen molar-refractivity contribution in [3.63, 3.8) is 0 Å². The molecule has 0 radical (unpaired) electrons. The zero-order valence-corrected chi connectivity index (χ0v) is 12.9. The molecule has 1 N–H and O–H groups in total. The van der Waals surface area contributed by atoms with Gasteiger partial charge in [0.05, 0.1) is 23.7 Å². The van der Waals surface area contributed by atoms with Gasteiger partial charge in [0.25, 0.3) is 5.91 Å². The lowest BCUT2D eigenvalue weighted by atomic mass is 10.1. The van der Waals surface area contributed by atoms with Crippen LogP contribution in [0.25, 0.3) is 0 Å². The largest absolute Gasteiger partial charge is 0.478 e. The SMILES string of the molecule is CN1CCN([C@H]2CC(=O)N(c3cccc(C(=O)O)c3)C2=O)CC1. The van der Waals surface area contributed by atoms with Crippen molar-refractivity contribution in [3.05, 3.63) is 29.8 Å². The lowest BCUT2D eigenvalue weighted by Crippen LogP contribution is -2.51. The summed E-state index contributed by atoms with van der Waals surface area (Å²) in [4.78, 5) is 41.4. The molecule has 122 valence electrons. The number of carbonyl (C=O) groups is 3. The fourth-order valence-electron chi connectivity index (χ4n) is 3.08. The Labute approximate surface area is 134 Å². The predicted molar refractivity (Wildman–Crippen MR) is 83.4 cm³/mol.